The second-order valence-electron chi connectivity index (χ2n) is 8.55. The highest BCUT2D eigenvalue weighted by molar-refractivity contribution is 6.05. The van der Waals surface area contributed by atoms with E-state index in [0.717, 1.165) is 44.0 Å². The highest BCUT2D eigenvalue weighted by Gasteiger charge is 2.46. The normalized spacial score (nSPS) is 25.5. The molecule has 3 aliphatic rings. The SMILES string of the molecule is CCOc1ccccc1N1CCN(C(C)CCN2C(=O)C3CC=CCC3C2=O)CC1. The van der Waals surface area contributed by atoms with Gasteiger partial charge in [-0.3, -0.25) is 19.4 Å². The topological polar surface area (TPSA) is 53.1 Å². The standard InChI is InChI=1S/C24H33N3O3/c1-3-30-22-11-7-6-10-21(22)26-16-14-25(15-17-26)18(2)12-13-27-23(28)19-8-4-5-9-20(19)24(27)29/h4-7,10-11,18-20H,3,8-9,12-17H2,1-2H3. The van der Waals surface area contributed by atoms with Crippen LogP contribution in [0.1, 0.15) is 33.1 Å². The molecule has 1 aliphatic carbocycles. The number of allylic oxidation sites excluding steroid dienone is 2. The van der Waals surface area contributed by atoms with Crippen molar-refractivity contribution in [1.29, 1.82) is 0 Å². The van der Waals surface area contributed by atoms with E-state index in [2.05, 4.69) is 28.9 Å². The van der Waals surface area contributed by atoms with E-state index in [9.17, 15) is 9.59 Å². The first-order chi connectivity index (χ1) is 14.6. The lowest BCUT2D eigenvalue weighted by molar-refractivity contribution is -0.140. The molecule has 3 atom stereocenters. The fourth-order valence-electron chi connectivity index (χ4n) is 4.99. The van der Waals surface area contributed by atoms with Crippen LogP contribution >= 0.6 is 0 Å². The quantitative estimate of drug-likeness (QED) is 0.510. The van der Waals surface area contributed by atoms with Crippen LogP contribution in [0, 0.1) is 11.8 Å². The number of carbonyl (C=O) groups excluding carboxylic acids is 2. The van der Waals surface area contributed by atoms with Gasteiger partial charge in [0.2, 0.25) is 11.8 Å². The van der Waals surface area contributed by atoms with Gasteiger partial charge in [-0.05, 0) is 45.2 Å². The Kier molecular flexibility index (Phi) is 6.42. The van der Waals surface area contributed by atoms with Gasteiger partial charge in [0.15, 0.2) is 0 Å². The first-order valence-corrected chi connectivity index (χ1v) is 11.3. The number of likely N-dealkylation sites (tertiary alicyclic amines) is 1. The Morgan fingerprint density at radius 2 is 1.63 bits per heavy atom. The van der Waals surface area contributed by atoms with Crippen LogP contribution in [0.25, 0.3) is 0 Å². The minimum Gasteiger partial charge on any atom is -0.492 e. The number of amides is 2. The molecular formula is C24H33N3O3. The second-order valence-corrected chi connectivity index (χ2v) is 8.55. The molecule has 2 amide bonds. The van der Waals surface area contributed by atoms with E-state index < -0.39 is 0 Å². The highest BCUT2D eigenvalue weighted by Crippen LogP contribution is 2.35. The van der Waals surface area contributed by atoms with E-state index >= 15 is 0 Å². The Balaban J connectivity index is 1.29. The average Bonchev–Trinajstić information content (AvgIpc) is 3.03. The van der Waals surface area contributed by atoms with Crippen LogP contribution in [-0.2, 0) is 9.59 Å². The number of ether oxygens (including phenoxy) is 1. The van der Waals surface area contributed by atoms with Crippen molar-refractivity contribution >= 4 is 17.5 Å². The maximum Gasteiger partial charge on any atom is 0.233 e. The van der Waals surface area contributed by atoms with Crippen molar-refractivity contribution in [2.45, 2.75) is 39.2 Å². The van der Waals surface area contributed by atoms with Crippen molar-refractivity contribution in [3.05, 3.63) is 36.4 Å². The monoisotopic (exact) mass is 411 g/mol. The Hall–Kier alpha value is -2.34. The molecule has 162 valence electrons. The van der Waals surface area contributed by atoms with E-state index in [-0.39, 0.29) is 23.7 Å². The summed E-state index contributed by atoms with van der Waals surface area (Å²) in [5.41, 5.74) is 1.16. The lowest BCUT2D eigenvalue weighted by Crippen LogP contribution is -2.50. The van der Waals surface area contributed by atoms with Crippen LogP contribution in [0.2, 0.25) is 0 Å². The number of anilines is 1. The molecule has 2 saturated heterocycles. The van der Waals surface area contributed by atoms with Crippen molar-refractivity contribution in [3.8, 4) is 5.75 Å². The molecule has 0 N–H and O–H groups in total. The van der Waals surface area contributed by atoms with E-state index in [0.29, 0.717) is 32.0 Å². The lowest BCUT2D eigenvalue weighted by atomic mass is 9.85. The summed E-state index contributed by atoms with van der Waals surface area (Å²) in [5, 5.41) is 0. The van der Waals surface area contributed by atoms with Gasteiger partial charge < -0.3 is 9.64 Å². The number of rotatable bonds is 7. The summed E-state index contributed by atoms with van der Waals surface area (Å²) in [7, 11) is 0. The van der Waals surface area contributed by atoms with Crippen LogP contribution in [0.15, 0.2) is 36.4 Å². The van der Waals surface area contributed by atoms with Crippen LogP contribution in [-0.4, -0.2) is 67.0 Å². The number of hydrogen-bond acceptors (Lipinski definition) is 5. The van der Waals surface area contributed by atoms with Crippen molar-refractivity contribution in [1.82, 2.24) is 9.80 Å². The predicted molar refractivity (Wildman–Crippen MR) is 118 cm³/mol. The first kappa shape index (κ1) is 20.9. The van der Waals surface area contributed by atoms with Gasteiger partial charge in [-0.15, -0.1) is 0 Å². The molecule has 3 unspecified atom stereocenters. The van der Waals surface area contributed by atoms with Crippen molar-refractivity contribution in [2.24, 2.45) is 11.8 Å². The summed E-state index contributed by atoms with van der Waals surface area (Å²) in [6.45, 7) is 9.27. The smallest absolute Gasteiger partial charge is 0.233 e. The zero-order valence-electron chi connectivity index (χ0n) is 18.1. The van der Waals surface area contributed by atoms with Gasteiger partial charge in [0.1, 0.15) is 5.75 Å². The third kappa shape index (κ3) is 4.10. The van der Waals surface area contributed by atoms with Crippen LogP contribution < -0.4 is 9.64 Å². The van der Waals surface area contributed by atoms with Crippen molar-refractivity contribution in [3.63, 3.8) is 0 Å². The zero-order chi connectivity index (χ0) is 21.1. The van der Waals surface area contributed by atoms with E-state index in [1.807, 2.05) is 31.2 Å². The summed E-state index contributed by atoms with van der Waals surface area (Å²) >= 11 is 0. The third-order valence-corrected chi connectivity index (χ3v) is 6.81. The number of fused-ring (bicyclic) bond motifs is 1. The molecule has 6 heteroatoms. The maximum absolute atomic E-state index is 12.7. The number of benzene rings is 1. The molecule has 1 aromatic carbocycles. The zero-order valence-corrected chi connectivity index (χ0v) is 18.1. The maximum atomic E-state index is 12.7. The number of piperazine rings is 1. The molecule has 0 aromatic heterocycles. The van der Waals surface area contributed by atoms with Crippen LogP contribution in [0.3, 0.4) is 0 Å². The van der Waals surface area contributed by atoms with Crippen LogP contribution in [0.5, 0.6) is 5.75 Å². The van der Waals surface area contributed by atoms with E-state index in [1.54, 1.807) is 0 Å². The fraction of sp³-hybridized carbons (Fsp3) is 0.583. The van der Waals surface area contributed by atoms with Gasteiger partial charge in [0.05, 0.1) is 24.1 Å². The van der Waals surface area contributed by atoms with E-state index in [1.165, 1.54) is 4.90 Å². The van der Waals surface area contributed by atoms with Gasteiger partial charge >= 0.3 is 0 Å². The van der Waals surface area contributed by atoms with Crippen molar-refractivity contribution in [2.75, 3.05) is 44.2 Å². The summed E-state index contributed by atoms with van der Waals surface area (Å²) in [4.78, 5) is 31.7. The molecule has 2 heterocycles. The van der Waals surface area contributed by atoms with Gasteiger partial charge in [-0.1, -0.05) is 24.3 Å². The van der Waals surface area contributed by atoms with Gasteiger partial charge in [0.25, 0.3) is 0 Å². The van der Waals surface area contributed by atoms with Gasteiger partial charge in [0, 0.05) is 38.8 Å². The molecule has 30 heavy (non-hydrogen) atoms. The van der Waals surface area contributed by atoms with Crippen molar-refractivity contribution < 1.29 is 14.3 Å². The summed E-state index contributed by atoms with van der Waals surface area (Å²) in [5.74, 6) is 0.792. The second kappa shape index (κ2) is 9.21. The fourth-order valence-corrected chi connectivity index (χ4v) is 4.99. The highest BCUT2D eigenvalue weighted by atomic mass is 16.5. The summed E-state index contributed by atoms with van der Waals surface area (Å²) < 4.78 is 5.79. The lowest BCUT2D eigenvalue weighted by Gasteiger charge is -2.39. The Bertz CT molecular complexity index is 775. The molecular weight excluding hydrogens is 378 g/mol. The molecule has 0 saturated carbocycles. The Morgan fingerprint density at radius 3 is 2.27 bits per heavy atom. The third-order valence-electron chi connectivity index (χ3n) is 6.81. The Morgan fingerprint density at radius 1 is 1.00 bits per heavy atom. The van der Waals surface area contributed by atoms with Crippen LogP contribution in [0.4, 0.5) is 5.69 Å². The number of carbonyl (C=O) groups is 2. The predicted octanol–water partition coefficient (Wildman–Crippen LogP) is 2.94. The van der Waals surface area contributed by atoms with E-state index in [4.69, 9.17) is 4.74 Å². The minimum atomic E-state index is -0.119. The molecule has 4 rings (SSSR count). The number of para-hydroxylation sites is 2. The molecule has 1 aromatic rings. The molecule has 2 aliphatic heterocycles. The summed E-state index contributed by atoms with van der Waals surface area (Å²) in [6.07, 6.45) is 6.35. The van der Waals surface area contributed by atoms with Gasteiger partial charge in [-0.2, -0.15) is 0 Å². The first-order valence-electron chi connectivity index (χ1n) is 11.3. The number of imide groups is 1. The van der Waals surface area contributed by atoms with Gasteiger partial charge in [-0.25, -0.2) is 0 Å². The number of hydrogen-bond donors (Lipinski definition) is 0. The molecule has 0 bridgehead atoms. The molecule has 0 spiro atoms. The minimum absolute atomic E-state index is 0.0406. The molecule has 6 nitrogen and oxygen atoms in total. The largest absolute Gasteiger partial charge is 0.492 e. The molecule has 0 radical (unpaired) electrons. The Labute approximate surface area is 179 Å². The number of nitrogens with zero attached hydrogens (tertiary/aromatic N) is 3. The summed E-state index contributed by atoms with van der Waals surface area (Å²) in [6, 6.07) is 8.58. The average molecular weight is 412 g/mol. The molecule has 2 fully saturated rings.